The summed E-state index contributed by atoms with van der Waals surface area (Å²) in [7, 11) is 0. The van der Waals surface area contributed by atoms with E-state index in [0.29, 0.717) is 5.56 Å². The molecular weight excluding hydrogens is 346 g/mol. The van der Waals surface area contributed by atoms with Gasteiger partial charge in [-0.1, -0.05) is 18.2 Å². The quantitative estimate of drug-likeness (QED) is 0.300. The third-order valence-electron chi connectivity index (χ3n) is 1.20. The molecule has 0 radical (unpaired) electrons. The van der Waals surface area contributed by atoms with Gasteiger partial charge in [-0.3, -0.25) is 0 Å². The van der Waals surface area contributed by atoms with Crippen molar-refractivity contribution in [2.24, 2.45) is 0 Å². The molecule has 0 fully saturated rings. The number of carbonyl (C=O) groups is 2. The Labute approximate surface area is 192 Å². The molecule has 0 bridgehead atoms. The Morgan fingerprint density at radius 1 is 1.12 bits per heavy atom. The molecule has 0 aliphatic rings. The molecule has 0 aliphatic heterocycles. The van der Waals surface area contributed by atoms with Gasteiger partial charge in [-0.2, -0.15) is 0 Å². The second-order valence-corrected chi connectivity index (χ2v) is 2.61. The molecule has 0 unspecified atom stereocenters. The molecule has 17 heavy (non-hydrogen) atoms. The fraction of sp³-hybridized carbons (Fsp3) is 0.111. The Bertz CT molecular complexity index is 316. The molecule has 82 valence electrons. The van der Waals surface area contributed by atoms with Crippen LogP contribution in [0, 0.1) is 0 Å². The maximum atomic E-state index is 11.0. The first-order valence-electron chi connectivity index (χ1n) is 3.74. The van der Waals surface area contributed by atoms with Gasteiger partial charge in [-0.15, -0.1) is 0 Å². The van der Waals surface area contributed by atoms with Crippen molar-refractivity contribution in [3.63, 3.8) is 0 Å². The minimum absolute atomic E-state index is 0. The predicted octanol–water partition coefficient (Wildman–Crippen LogP) is -6.24. The second kappa shape index (κ2) is 15.8. The summed E-state index contributed by atoms with van der Waals surface area (Å²) in [6, 6.07) is 8.87. The molecule has 5 nitrogen and oxygen atoms in total. The van der Waals surface area contributed by atoms with Crippen molar-refractivity contribution in [1.29, 1.82) is 0 Å². The van der Waals surface area contributed by atoms with Crippen LogP contribution in [0.5, 0.6) is 0 Å². The van der Waals surface area contributed by atoms with Crippen molar-refractivity contribution >= 4 is 28.1 Å². The average molecular weight is 353 g/mol. The number of halogens is 1. The minimum atomic E-state index is -2.33. The fourth-order valence-electron chi connectivity index (χ4n) is 0.707. The molecule has 0 aliphatic carbocycles. The molecule has 0 spiro atoms. The van der Waals surface area contributed by atoms with Crippen LogP contribution in [-0.4, -0.2) is 17.6 Å². The van der Waals surface area contributed by atoms with Crippen molar-refractivity contribution < 1.29 is 127 Å². The van der Waals surface area contributed by atoms with Gasteiger partial charge in [-0.25, -0.2) is 4.79 Å². The Kier molecular flexibility index (Phi) is 22.1. The minimum Gasteiger partial charge on any atom is -0.652 e. The summed E-state index contributed by atoms with van der Waals surface area (Å²) in [6.07, 6.45) is -2.33. The molecular formula is C9H7BrK2O5. The van der Waals surface area contributed by atoms with Crippen LogP contribution in [0.3, 0.4) is 0 Å². The molecule has 1 rings (SSSR count). The van der Waals surface area contributed by atoms with Crippen molar-refractivity contribution in [1.82, 2.24) is 0 Å². The van der Waals surface area contributed by atoms with Gasteiger partial charge in [0.05, 0.1) is 5.56 Å². The molecule has 0 N–H and O–H groups in total. The zero-order valence-corrected chi connectivity index (χ0v) is 17.3. The normalized spacial score (nSPS) is 7.35. The average Bonchev–Trinajstić information content (AvgIpc) is 2.19. The summed E-state index contributed by atoms with van der Waals surface area (Å²) in [5, 5.41) is 16.7. The van der Waals surface area contributed by atoms with E-state index in [-0.39, 0.29) is 114 Å². The van der Waals surface area contributed by atoms with Crippen LogP contribution in [-0.2, 0) is 4.74 Å². The maximum absolute atomic E-state index is 11.0. The van der Waals surface area contributed by atoms with Crippen LogP contribution < -0.4 is 113 Å². The van der Waals surface area contributed by atoms with E-state index >= 15 is 0 Å². The first kappa shape index (κ1) is 23.8. The summed E-state index contributed by atoms with van der Waals surface area (Å²) in [5.41, 5.74) is 0.813. The first-order chi connectivity index (χ1) is 7.07. The molecule has 0 atom stereocenters. The molecule has 0 heterocycles. The smallest absolute Gasteiger partial charge is 0.652 e. The van der Waals surface area contributed by atoms with E-state index in [4.69, 9.17) is 19.7 Å². The largest absolute Gasteiger partial charge is 1.00 e. The topological polar surface area (TPSA) is 89.5 Å². The van der Waals surface area contributed by atoms with Gasteiger partial charge in [0.2, 0.25) is 0 Å². The van der Waals surface area contributed by atoms with Gasteiger partial charge in [0, 0.05) is 0 Å². The van der Waals surface area contributed by atoms with Crippen LogP contribution in [0.4, 0.5) is 4.79 Å². The summed E-state index contributed by atoms with van der Waals surface area (Å²) in [5.74, 6) is -0.303. The fourth-order valence-corrected chi connectivity index (χ4v) is 0.915. The van der Waals surface area contributed by atoms with E-state index in [2.05, 4.69) is 15.9 Å². The predicted molar refractivity (Wildman–Crippen MR) is 51.0 cm³/mol. The summed E-state index contributed by atoms with van der Waals surface area (Å²) >= 11 is 3.00. The number of carbonyl (C=O) groups excluding carboxylic acids is 2. The van der Waals surface area contributed by atoms with Gasteiger partial charge in [0.25, 0.3) is 0 Å². The Hall–Kier alpha value is 1.71. The van der Waals surface area contributed by atoms with Crippen LogP contribution in [0.1, 0.15) is 10.4 Å². The van der Waals surface area contributed by atoms with Gasteiger partial charge in [0.15, 0.2) is 0 Å². The van der Waals surface area contributed by atoms with Crippen molar-refractivity contribution in [2.75, 3.05) is 5.52 Å². The van der Waals surface area contributed by atoms with Crippen LogP contribution >= 0.6 is 15.9 Å². The standard InChI is InChI=1S/C8H7BrO2.CH2O3.2K/c9-6-11-8(10)7-4-2-1-3-5-7;2-1(3)4;;/h1-5H,6H2;(H2,2,3,4);;/q;;2*+1/p-2. The third-order valence-corrected chi connectivity index (χ3v) is 1.42. The number of carboxylic acid groups (broad SMARTS) is 2. The Morgan fingerprint density at radius 3 is 1.88 bits per heavy atom. The monoisotopic (exact) mass is 352 g/mol. The van der Waals surface area contributed by atoms with Crippen LogP contribution in [0.15, 0.2) is 30.3 Å². The molecule has 0 amide bonds. The summed E-state index contributed by atoms with van der Waals surface area (Å²) in [6.45, 7) is 0. The maximum Gasteiger partial charge on any atom is 1.00 e. The van der Waals surface area contributed by atoms with E-state index in [0.717, 1.165) is 0 Å². The molecule has 0 aromatic heterocycles. The SMILES string of the molecule is O=C(OCBr)c1ccccc1.O=C([O-])[O-].[K+].[K+]. The molecule has 8 heteroatoms. The van der Waals surface area contributed by atoms with E-state index in [1.165, 1.54) is 0 Å². The van der Waals surface area contributed by atoms with Gasteiger partial charge >= 0.3 is 109 Å². The molecule has 0 saturated heterocycles. The number of benzene rings is 1. The Morgan fingerprint density at radius 2 is 1.53 bits per heavy atom. The van der Waals surface area contributed by atoms with Crippen molar-refractivity contribution in [2.45, 2.75) is 0 Å². The van der Waals surface area contributed by atoms with Crippen molar-refractivity contribution in [3.8, 4) is 0 Å². The third kappa shape index (κ3) is 15.7. The zero-order valence-electron chi connectivity index (χ0n) is 9.51. The van der Waals surface area contributed by atoms with Crippen molar-refractivity contribution in [3.05, 3.63) is 35.9 Å². The van der Waals surface area contributed by atoms with Gasteiger partial charge in [0.1, 0.15) is 5.52 Å². The van der Waals surface area contributed by atoms with Gasteiger partial charge < -0.3 is 19.7 Å². The molecule has 0 saturated carbocycles. The molecule has 1 aromatic rings. The van der Waals surface area contributed by atoms with Crippen LogP contribution in [0.25, 0.3) is 0 Å². The van der Waals surface area contributed by atoms with E-state index < -0.39 is 6.16 Å². The van der Waals surface area contributed by atoms with Gasteiger partial charge in [-0.05, 0) is 34.2 Å². The molecule has 1 aromatic carbocycles. The Balaban J connectivity index is -0.000000289. The number of rotatable bonds is 2. The zero-order chi connectivity index (χ0) is 11.7. The number of ether oxygens (including phenoxy) is 1. The van der Waals surface area contributed by atoms with E-state index in [1.54, 1.807) is 24.3 Å². The summed E-state index contributed by atoms with van der Waals surface area (Å²) in [4.78, 5) is 19.3. The first-order valence-corrected chi connectivity index (χ1v) is 4.86. The number of esters is 1. The summed E-state index contributed by atoms with van der Waals surface area (Å²) < 4.78 is 4.71. The second-order valence-electron chi connectivity index (χ2n) is 2.16. The van der Waals surface area contributed by atoms with E-state index in [1.807, 2.05) is 6.07 Å². The number of alkyl halides is 1. The number of hydrogen-bond donors (Lipinski definition) is 0. The van der Waals surface area contributed by atoms with Crippen LogP contribution in [0.2, 0.25) is 0 Å². The van der Waals surface area contributed by atoms with E-state index in [9.17, 15) is 4.79 Å². The number of hydrogen-bond acceptors (Lipinski definition) is 5.